The number of benzene rings is 6. The maximum Gasteiger partial charge on any atom is 0.151 e. The molecule has 0 amide bonds. The van der Waals surface area contributed by atoms with Crippen LogP contribution in [0.15, 0.2) is 155 Å². The summed E-state index contributed by atoms with van der Waals surface area (Å²) in [5, 5.41) is 25.3. The second-order valence-corrected chi connectivity index (χ2v) is 15.7. The van der Waals surface area contributed by atoms with Crippen molar-refractivity contribution < 1.29 is 9.47 Å². The normalized spacial score (nSPS) is 13.7. The van der Waals surface area contributed by atoms with Crippen molar-refractivity contribution >= 4 is 62.7 Å². The molecule has 0 atom stereocenters. The van der Waals surface area contributed by atoms with Crippen LogP contribution in [-0.4, -0.2) is 9.97 Å². The van der Waals surface area contributed by atoms with Crippen LogP contribution in [0, 0.1) is 35.2 Å². The van der Waals surface area contributed by atoms with Gasteiger partial charge in [-0.05, 0) is 97.5 Å². The minimum atomic E-state index is 0.485. The van der Waals surface area contributed by atoms with Gasteiger partial charge in [0, 0.05) is 57.8 Å². The average Bonchev–Trinajstić information content (AvgIpc) is 3.56. The Hall–Kier alpha value is -6.98. The summed E-state index contributed by atoms with van der Waals surface area (Å²) < 4.78 is 12.6. The molecule has 2 aliphatic carbocycles. The Morgan fingerprint density at radius 2 is 1.19 bits per heavy atom. The Morgan fingerprint density at radius 1 is 0.621 bits per heavy atom. The Balaban J connectivity index is 0.000000154. The topological polar surface area (TPSA) is 98.3 Å². The molecule has 0 spiro atoms. The maximum atomic E-state index is 8.98. The molecule has 0 unspecified atom stereocenters. The van der Waals surface area contributed by atoms with Crippen molar-refractivity contribution in [2.75, 3.05) is 9.80 Å². The first-order valence-electron chi connectivity index (χ1n) is 18.8. The molecular weight excluding hydrogens is 757 g/mol. The predicted molar refractivity (Wildman–Crippen MR) is 232 cm³/mol. The van der Waals surface area contributed by atoms with E-state index in [4.69, 9.17) is 20.0 Å². The van der Waals surface area contributed by atoms with Crippen LogP contribution in [0.1, 0.15) is 24.0 Å². The van der Waals surface area contributed by atoms with Crippen molar-refractivity contribution in [3.63, 3.8) is 0 Å². The van der Waals surface area contributed by atoms with E-state index in [2.05, 4.69) is 125 Å². The molecular formula is C48H32N6O2S2. The number of thiocyanates is 2. The number of nitrogens with zero attached hydrogens (tertiary/aromatic N) is 6. The van der Waals surface area contributed by atoms with Crippen LogP contribution in [0.25, 0.3) is 33.3 Å². The van der Waals surface area contributed by atoms with E-state index < -0.39 is 0 Å². The van der Waals surface area contributed by atoms with Crippen molar-refractivity contribution in [3.8, 4) is 50.6 Å². The molecule has 10 heteroatoms. The number of rotatable bonds is 4. The van der Waals surface area contributed by atoms with Gasteiger partial charge in [0.1, 0.15) is 26.6 Å². The van der Waals surface area contributed by atoms with Crippen LogP contribution in [-0.2, 0) is 0 Å². The van der Waals surface area contributed by atoms with Gasteiger partial charge in [-0.25, -0.2) is 9.97 Å². The minimum absolute atomic E-state index is 0.485. The van der Waals surface area contributed by atoms with Gasteiger partial charge in [-0.1, -0.05) is 72.8 Å². The summed E-state index contributed by atoms with van der Waals surface area (Å²) in [6.07, 6.45) is 6.32. The van der Waals surface area contributed by atoms with E-state index in [1.807, 2.05) is 53.3 Å². The van der Waals surface area contributed by atoms with E-state index in [-0.39, 0.29) is 0 Å². The fourth-order valence-corrected chi connectivity index (χ4v) is 9.10. The second-order valence-electron chi connectivity index (χ2n) is 14.1. The number of ether oxygens (including phenoxy) is 2. The smallest absolute Gasteiger partial charge is 0.151 e. The monoisotopic (exact) mass is 788 g/mol. The summed E-state index contributed by atoms with van der Waals surface area (Å²) in [5.74, 6) is 3.63. The number of hydrogen-bond acceptors (Lipinski definition) is 10. The molecule has 0 radical (unpaired) electrons. The highest BCUT2D eigenvalue weighted by molar-refractivity contribution is 8.06. The third kappa shape index (κ3) is 5.93. The fourth-order valence-electron chi connectivity index (χ4n) is 8.13. The molecule has 6 aromatic carbocycles. The Morgan fingerprint density at radius 3 is 1.83 bits per heavy atom. The van der Waals surface area contributed by atoms with Crippen LogP contribution in [0.3, 0.4) is 0 Å². The number of fused-ring (bicyclic) bond motifs is 6. The number of aromatic nitrogens is 2. The molecule has 0 N–H and O–H groups in total. The predicted octanol–water partition coefficient (Wildman–Crippen LogP) is 13.4. The molecule has 2 aliphatic heterocycles. The summed E-state index contributed by atoms with van der Waals surface area (Å²) >= 11 is 1.88. The lowest BCUT2D eigenvalue weighted by Crippen LogP contribution is -2.25. The van der Waals surface area contributed by atoms with E-state index in [9.17, 15) is 0 Å². The van der Waals surface area contributed by atoms with Crippen LogP contribution in [0.5, 0.6) is 17.2 Å². The van der Waals surface area contributed by atoms with E-state index >= 15 is 0 Å². The van der Waals surface area contributed by atoms with Gasteiger partial charge in [0.25, 0.3) is 0 Å². The van der Waals surface area contributed by atoms with Gasteiger partial charge in [-0.15, -0.1) is 0 Å². The van der Waals surface area contributed by atoms with E-state index in [0.717, 1.165) is 121 Å². The maximum absolute atomic E-state index is 8.98. The van der Waals surface area contributed by atoms with Crippen LogP contribution in [0.2, 0.25) is 0 Å². The molecule has 4 aliphatic rings. The molecule has 1 aromatic heterocycles. The van der Waals surface area contributed by atoms with Crippen molar-refractivity contribution in [2.24, 2.45) is 0 Å². The lowest BCUT2D eigenvalue weighted by molar-refractivity contribution is 0.388. The third-order valence-corrected chi connectivity index (χ3v) is 11.8. The highest BCUT2D eigenvalue weighted by atomic mass is 32.2. The third-order valence-electron chi connectivity index (χ3n) is 10.6. The zero-order chi connectivity index (χ0) is 39.3. The van der Waals surface area contributed by atoms with Crippen molar-refractivity contribution in [2.45, 2.75) is 36.7 Å². The van der Waals surface area contributed by atoms with E-state index in [0.29, 0.717) is 10.1 Å². The second kappa shape index (κ2) is 14.5. The molecule has 58 heavy (non-hydrogen) atoms. The van der Waals surface area contributed by atoms with Gasteiger partial charge in [-0.2, -0.15) is 10.5 Å². The number of para-hydroxylation sites is 6. The zero-order valence-electron chi connectivity index (χ0n) is 31.4. The van der Waals surface area contributed by atoms with Crippen LogP contribution in [0.4, 0.5) is 28.4 Å². The first-order chi connectivity index (χ1) is 28.5. The minimum Gasteiger partial charge on any atom is -0.457 e. The number of nitriles is 2. The Kier molecular flexibility index (Phi) is 8.86. The molecule has 11 rings (SSSR count). The first-order valence-corrected chi connectivity index (χ1v) is 20.5. The van der Waals surface area contributed by atoms with Crippen LogP contribution >= 0.6 is 23.5 Å². The molecule has 0 saturated carbocycles. The van der Waals surface area contributed by atoms with E-state index in [1.54, 1.807) is 0 Å². The Labute approximate surface area is 344 Å². The molecule has 3 heterocycles. The summed E-state index contributed by atoms with van der Waals surface area (Å²) in [5.41, 5.74) is 12.5. The number of hydrogen-bond donors (Lipinski definition) is 0. The van der Waals surface area contributed by atoms with Crippen molar-refractivity contribution in [1.82, 2.24) is 9.97 Å². The zero-order valence-corrected chi connectivity index (χ0v) is 33.1. The summed E-state index contributed by atoms with van der Waals surface area (Å²) in [6, 6.07) is 41.7. The lowest BCUT2D eigenvalue weighted by atomic mass is 10.0. The van der Waals surface area contributed by atoms with Gasteiger partial charge in [0.05, 0.1) is 34.1 Å². The highest BCUT2D eigenvalue weighted by Gasteiger charge is 2.31. The van der Waals surface area contributed by atoms with Gasteiger partial charge < -0.3 is 19.3 Å². The lowest BCUT2D eigenvalue weighted by Gasteiger charge is -2.37. The highest BCUT2D eigenvalue weighted by Crippen LogP contribution is 2.52. The van der Waals surface area contributed by atoms with Gasteiger partial charge in [0.2, 0.25) is 0 Å². The molecule has 0 bridgehead atoms. The van der Waals surface area contributed by atoms with Crippen molar-refractivity contribution in [3.05, 3.63) is 156 Å². The first kappa shape index (κ1) is 35.4. The van der Waals surface area contributed by atoms with Gasteiger partial charge >= 0.3 is 0 Å². The molecule has 7 aromatic rings. The molecule has 278 valence electrons. The van der Waals surface area contributed by atoms with Gasteiger partial charge in [0.15, 0.2) is 17.2 Å². The van der Waals surface area contributed by atoms with Crippen LogP contribution < -0.4 is 19.3 Å². The molecule has 0 fully saturated rings. The number of anilines is 5. The fraction of sp³-hybridized carbons (Fsp3) is 0.0833. The number of allylic oxidation sites excluding steroid dienone is 3. The Bertz CT molecular complexity index is 2910. The number of thioether (sulfide) groups is 2. The average molecular weight is 789 g/mol. The molecule has 0 saturated heterocycles. The molecule has 8 nitrogen and oxygen atoms in total. The standard InChI is InChI=1S/C31H24N2O2.C17H8N4S2/c1-21-18-22(32-24-10-2-6-14-28(24)34-29-15-7-3-11-25(29)32)20-23(19-21)33-26-12-4-8-16-30(26)35-31-17-9-5-13-27(31)33;1-9-5-6-12-13-10(9)3-2-4-11(13)14-15(12)21-17(23-8-19)16(20-14)22-7-18/h2-8,10-16,18-20H,9,17H2,1H3;2-6H,1H3. The van der Waals surface area contributed by atoms with Crippen molar-refractivity contribution in [1.29, 1.82) is 10.5 Å². The SMILES string of the molecule is Cc1cc(N2C3=C(CCC=C3)Oc3ccccc32)cc(N2c3ccccc3Oc3ccccc32)c1.Cc1ccc2c3c(cccc13)-c1nc(SC#N)c(SC#N)nc1-2. The largest absolute Gasteiger partial charge is 0.457 e. The summed E-state index contributed by atoms with van der Waals surface area (Å²) in [4.78, 5) is 13.9. The van der Waals surface area contributed by atoms with Gasteiger partial charge in [-0.3, -0.25) is 0 Å². The summed E-state index contributed by atoms with van der Waals surface area (Å²) in [6.45, 7) is 4.24. The number of aryl methyl sites for hydroxylation is 2. The van der Waals surface area contributed by atoms with E-state index in [1.165, 1.54) is 16.5 Å². The summed E-state index contributed by atoms with van der Waals surface area (Å²) in [7, 11) is 0. The quantitative estimate of drug-likeness (QED) is 0.127.